The normalized spacial score (nSPS) is 11.2. The van der Waals surface area contributed by atoms with Gasteiger partial charge in [-0.3, -0.25) is 4.79 Å². The van der Waals surface area contributed by atoms with E-state index in [0.29, 0.717) is 24.5 Å². The van der Waals surface area contributed by atoms with Crippen LogP contribution in [-0.2, 0) is 11.2 Å². The van der Waals surface area contributed by atoms with Crippen molar-refractivity contribution in [2.24, 2.45) is 5.92 Å². The van der Waals surface area contributed by atoms with Crippen LogP contribution in [0.15, 0.2) is 48.5 Å². The number of methoxy groups -OCH3 is 1. The molecule has 1 atom stereocenters. The Kier molecular flexibility index (Phi) is 6.21. The van der Waals surface area contributed by atoms with Crippen molar-refractivity contribution >= 4 is 11.6 Å². The monoisotopic (exact) mass is 324 g/mol. The van der Waals surface area contributed by atoms with E-state index in [2.05, 4.69) is 11.4 Å². The van der Waals surface area contributed by atoms with Gasteiger partial charge in [-0.05, 0) is 55.3 Å². The second-order valence-corrected chi connectivity index (χ2v) is 5.18. The molecule has 2 rings (SSSR count). The molecule has 2 aromatic carbocycles. The summed E-state index contributed by atoms with van der Waals surface area (Å²) in [7, 11) is 1.58. The van der Waals surface area contributed by atoms with Crippen LogP contribution in [0.25, 0.3) is 0 Å². The fourth-order valence-electron chi connectivity index (χ4n) is 2.26. The minimum absolute atomic E-state index is 0.329. The highest BCUT2D eigenvalue weighted by molar-refractivity contribution is 5.94. The number of hydrogen-bond donors (Lipinski definition) is 1. The van der Waals surface area contributed by atoms with Gasteiger partial charge in [-0.1, -0.05) is 12.1 Å². The number of nitrogens with one attached hydrogen (secondary N) is 1. The molecule has 0 aliphatic carbocycles. The summed E-state index contributed by atoms with van der Waals surface area (Å²) in [6.07, 6.45) is 0.330. The van der Waals surface area contributed by atoms with E-state index in [1.807, 2.05) is 31.2 Å². The SMILES string of the molecule is CCOc1ccc(NC(=O)[C@H](C#N)Cc2cccc(OC)c2)cc1. The van der Waals surface area contributed by atoms with Crippen LogP contribution < -0.4 is 14.8 Å². The van der Waals surface area contributed by atoms with Gasteiger partial charge in [0.2, 0.25) is 5.91 Å². The Balaban J connectivity index is 2.01. The number of benzene rings is 2. The average molecular weight is 324 g/mol. The lowest BCUT2D eigenvalue weighted by Crippen LogP contribution is -2.23. The van der Waals surface area contributed by atoms with Crippen LogP contribution in [0.2, 0.25) is 0 Å². The maximum atomic E-state index is 12.3. The summed E-state index contributed by atoms with van der Waals surface area (Å²) in [4.78, 5) is 12.3. The number of nitriles is 1. The predicted molar refractivity (Wildman–Crippen MR) is 92.0 cm³/mol. The molecule has 0 radical (unpaired) electrons. The maximum Gasteiger partial charge on any atom is 0.242 e. The van der Waals surface area contributed by atoms with Crippen LogP contribution >= 0.6 is 0 Å². The Morgan fingerprint density at radius 2 is 1.96 bits per heavy atom. The number of nitrogens with zero attached hydrogens (tertiary/aromatic N) is 1. The van der Waals surface area contributed by atoms with Crippen LogP contribution in [0.1, 0.15) is 12.5 Å². The molecule has 0 aromatic heterocycles. The molecule has 0 spiro atoms. The van der Waals surface area contributed by atoms with Gasteiger partial charge in [-0.25, -0.2) is 0 Å². The van der Waals surface area contributed by atoms with Gasteiger partial charge in [-0.15, -0.1) is 0 Å². The van der Waals surface area contributed by atoms with Crippen molar-refractivity contribution in [2.45, 2.75) is 13.3 Å². The van der Waals surface area contributed by atoms with Gasteiger partial charge in [0, 0.05) is 5.69 Å². The number of carbonyl (C=O) groups is 1. The third-order valence-electron chi connectivity index (χ3n) is 3.48. The molecule has 5 nitrogen and oxygen atoms in total. The zero-order valence-electron chi connectivity index (χ0n) is 13.8. The van der Waals surface area contributed by atoms with E-state index in [0.717, 1.165) is 11.3 Å². The number of amides is 1. The Morgan fingerprint density at radius 3 is 2.58 bits per heavy atom. The molecule has 0 fully saturated rings. The van der Waals surface area contributed by atoms with Crippen molar-refractivity contribution in [3.8, 4) is 17.6 Å². The Hall–Kier alpha value is -3.00. The summed E-state index contributed by atoms with van der Waals surface area (Å²) in [5, 5.41) is 12.1. The molecule has 24 heavy (non-hydrogen) atoms. The zero-order valence-corrected chi connectivity index (χ0v) is 13.8. The van der Waals surface area contributed by atoms with Crippen molar-refractivity contribution in [2.75, 3.05) is 19.0 Å². The highest BCUT2D eigenvalue weighted by Crippen LogP contribution is 2.19. The quantitative estimate of drug-likeness (QED) is 0.847. The van der Waals surface area contributed by atoms with Crippen LogP contribution in [0.5, 0.6) is 11.5 Å². The first-order valence-electron chi connectivity index (χ1n) is 7.72. The van der Waals surface area contributed by atoms with Crippen molar-refractivity contribution in [1.82, 2.24) is 0 Å². The van der Waals surface area contributed by atoms with E-state index in [1.54, 1.807) is 31.4 Å². The van der Waals surface area contributed by atoms with Gasteiger partial charge in [0.1, 0.15) is 17.4 Å². The molecule has 0 aliphatic rings. The van der Waals surface area contributed by atoms with E-state index in [-0.39, 0.29) is 5.91 Å². The smallest absolute Gasteiger partial charge is 0.242 e. The summed E-state index contributed by atoms with van der Waals surface area (Å²) in [5.74, 6) is 0.341. The molecule has 1 amide bonds. The molecule has 0 saturated heterocycles. The molecule has 2 aromatic rings. The van der Waals surface area contributed by atoms with Crippen LogP contribution in [0, 0.1) is 17.2 Å². The van der Waals surface area contributed by atoms with Gasteiger partial charge in [-0.2, -0.15) is 5.26 Å². The molecule has 0 aliphatic heterocycles. The first kappa shape index (κ1) is 17.4. The molecular weight excluding hydrogens is 304 g/mol. The summed E-state index contributed by atoms with van der Waals surface area (Å²) in [5.41, 5.74) is 1.51. The number of ether oxygens (including phenoxy) is 2. The molecule has 124 valence electrons. The van der Waals surface area contributed by atoms with Crippen LogP contribution in [-0.4, -0.2) is 19.6 Å². The fourth-order valence-corrected chi connectivity index (χ4v) is 2.26. The van der Waals surface area contributed by atoms with Gasteiger partial charge in [0.25, 0.3) is 0 Å². The maximum absolute atomic E-state index is 12.3. The lowest BCUT2D eigenvalue weighted by molar-refractivity contribution is -0.118. The fraction of sp³-hybridized carbons (Fsp3) is 0.263. The molecule has 0 saturated carbocycles. The Morgan fingerprint density at radius 1 is 1.21 bits per heavy atom. The van der Waals surface area contributed by atoms with Gasteiger partial charge >= 0.3 is 0 Å². The third kappa shape index (κ3) is 4.75. The highest BCUT2D eigenvalue weighted by atomic mass is 16.5. The summed E-state index contributed by atoms with van der Waals surface area (Å²) < 4.78 is 10.5. The second kappa shape index (κ2) is 8.59. The predicted octanol–water partition coefficient (Wildman–Crippen LogP) is 3.41. The van der Waals surface area contributed by atoms with Crippen LogP contribution in [0.4, 0.5) is 5.69 Å². The standard InChI is InChI=1S/C19H20N2O3/c1-3-24-17-9-7-16(8-10-17)21-19(22)15(13-20)11-14-5-4-6-18(12-14)23-2/h4-10,12,15H,3,11H2,1-2H3,(H,21,22)/t15-/m0/s1. The lowest BCUT2D eigenvalue weighted by atomic mass is 9.99. The number of anilines is 1. The molecule has 5 heteroatoms. The minimum Gasteiger partial charge on any atom is -0.497 e. The third-order valence-corrected chi connectivity index (χ3v) is 3.48. The summed E-state index contributed by atoms with van der Waals surface area (Å²) in [6.45, 7) is 2.49. The second-order valence-electron chi connectivity index (χ2n) is 5.18. The van der Waals surface area contributed by atoms with Crippen molar-refractivity contribution in [3.63, 3.8) is 0 Å². The van der Waals surface area contributed by atoms with E-state index in [9.17, 15) is 10.1 Å². The molecule has 1 N–H and O–H groups in total. The number of carbonyl (C=O) groups excluding carboxylic acids is 1. The van der Waals surface area contributed by atoms with E-state index in [1.165, 1.54) is 0 Å². The number of hydrogen-bond acceptors (Lipinski definition) is 4. The van der Waals surface area contributed by atoms with E-state index in [4.69, 9.17) is 9.47 Å². The lowest BCUT2D eigenvalue weighted by Gasteiger charge is -2.11. The highest BCUT2D eigenvalue weighted by Gasteiger charge is 2.19. The Labute approximate surface area is 141 Å². The summed E-state index contributed by atoms with van der Waals surface area (Å²) >= 11 is 0. The largest absolute Gasteiger partial charge is 0.497 e. The van der Waals surface area contributed by atoms with Gasteiger partial charge in [0.15, 0.2) is 0 Å². The first-order chi connectivity index (χ1) is 11.7. The summed E-state index contributed by atoms with van der Waals surface area (Å²) in [6, 6.07) is 16.5. The number of rotatable bonds is 7. The van der Waals surface area contributed by atoms with Crippen molar-refractivity contribution < 1.29 is 14.3 Å². The molecule has 0 heterocycles. The Bertz CT molecular complexity index is 720. The van der Waals surface area contributed by atoms with Crippen molar-refractivity contribution in [3.05, 3.63) is 54.1 Å². The topological polar surface area (TPSA) is 71.3 Å². The molecule has 0 bridgehead atoms. The average Bonchev–Trinajstić information content (AvgIpc) is 2.61. The van der Waals surface area contributed by atoms with Crippen LogP contribution in [0.3, 0.4) is 0 Å². The van der Waals surface area contributed by atoms with Gasteiger partial charge < -0.3 is 14.8 Å². The van der Waals surface area contributed by atoms with Crippen molar-refractivity contribution in [1.29, 1.82) is 5.26 Å². The zero-order chi connectivity index (χ0) is 17.4. The molecule has 0 unspecified atom stereocenters. The van der Waals surface area contributed by atoms with E-state index >= 15 is 0 Å². The minimum atomic E-state index is -0.774. The first-order valence-corrected chi connectivity index (χ1v) is 7.72. The molecular formula is C19H20N2O3. The van der Waals surface area contributed by atoms with Gasteiger partial charge in [0.05, 0.1) is 19.8 Å². The van der Waals surface area contributed by atoms with E-state index < -0.39 is 5.92 Å².